The Balaban J connectivity index is 1.26. The Kier molecular flexibility index (Phi) is 8.03. The van der Waals surface area contributed by atoms with Crippen LogP contribution in [-0.2, 0) is 11.3 Å². The molecule has 3 aromatic heterocycles. The third kappa shape index (κ3) is 5.72. The molecule has 0 saturated carbocycles. The quantitative estimate of drug-likeness (QED) is 0.325. The molecule has 4 aromatic rings. The third-order valence-corrected chi connectivity index (χ3v) is 7.26. The number of likely N-dealkylation sites (tertiary alicyclic amines) is 1. The van der Waals surface area contributed by atoms with Crippen molar-refractivity contribution in [1.29, 1.82) is 0 Å². The molecule has 1 atom stereocenters. The topological polar surface area (TPSA) is 90.0 Å². The van der Waals surface area contributed by atoms with Crippen molar-refractivity contribution >= 4 is 16.8 Å². The maximum atomic E-state index is 13.6. The number of hydrogen-bond donors (Lipinski definition) is 1. The summed E-state index contributed by atoms with van der Waals surface area (Å²) >= 11 is 0. The van der Waals surface area contributed by atoms with Crippen LogP contribution in [0.4, 0.5) is 0 Å². The van der Waals surface area contributed by atoms with Gasteiger partial charge < -0.3 is 14.8 Å². The summed E-state index contributed by atoms with van der Waals surface area (Å²) in [6, 6.07) is 13.6. The summed E-state index contributed by atoms with van der Waals surface area (Å²) in [6.45, 7) is 8.60. The summed E-state index contributed by atoms with van der Waals surface area (Å²) in [6.07, 6.45) is 8.27. The zero-order valence-corrected chi connectivity index (χ0v) is 22.3. The molecule has 4 heterocycles. The molecule has 1 unspecified atom stereocenters. The molecule has 0 radical (unpaired) electrons. The lowest BCUT2D eigenvalue weighted by Crippen LogP contribution is -2.36. The van der Waals surface area contributed by atoms with Gasteiger partial charge in [-0.25, -0.2) is 9.36 Å². The van der Waals surface area contributed by atoms with E-state index >= 15 is 0 Å². The first kappa shape index (κ1) is 25.9. The van der Waals surface area contributed by atoms with Crippen LogP contribution in [0.1, 0.15) is 44.7 Å². The molecule has 9 heteroatoms. The molecular weight excluding hydrogens is 478 g/mol. The number of benzene rings is 1. The minimum Gasteiger partial charge on any atom is -0.356 e. The van der Waals surface area contributed by atoms with Crippen LogP contribution in [0.15, 0.2) is 59.7 Å². The SMILES string of the molecule is Cc1nn(CCCC(=O)NCCCN2CCCC(C)C2)c(=O)c2c(-n3cccc3)n(-c3ccccc3)nc12. The minimum atomic E-state index is -0.201. The Morgan fingerprint density at radius 1 is 1.05 bits per heavy atom. The highest BCUT2D eigenvalue weighted by Crippen LogP contribution is 2.24. The number of nitrogens with zero attached hydrogens (tertiary/aromatic N) is 6. The van der Waals surface area contributed by atoms with Gasteiger partial charge in [0, 0.05) is 38.4 Å². The van der Waals surface area contributed by atoms with E-state index in [1.807, 2.05) is 66.3 Å². The normalized spacial score (nSPS) is 16.2. The monoisotopic (exact) mass is 515 g/mol. The number of nitrogens with one attached hydrogen (secondary N) is 1. The highest BCUT2D eigenvalue weighted by Gasteiger charge is 2.21. The van der Waals surface area contributed by atoms with E-state index in [1.165, 1.54) is 24.1 Å². The number of fused-ring (bicyclic) bond motifs is 1. The molecule has 0 aliphatic carbocycles. The van der Waals surface area contributed by atoms with E-state index in [4.69, 9.17) is 5.10 Å². The number of carbonyl (C=O) groups excluding carboxylic acids is 1. The molecule has 5 rings (SSSR count). The van der Waals surface area contributed by atoms with E-state index in [-0.39, 0.29) is 11.5 Å². The predicted molar refractivity (Wildman–Crippen MR) is 149 cm³/mol. The van der Waals surface area contributed by atoms with Crippen LogP contribution in [0, 0.1) is 12.8 Å². The van der Waals surface area contributed by atoms with Gasteiger partial charge in [0.25, 0.3) is 5.56 Å². The van der Waals surface area contributed by atoms with E-state index in [9.17, 15) is 9.59 Å². The standard InChI is InChI=1S/C29H37N7O2/c1-22-11-8-16-33(21-22)17-10-15-30-25(37)14-9-20-35-29(38)26-27(23(2)31-35)32-36(24-12-4-3-5-13-24)28(26)34-18-6-7-19-34/h3-7,12-13,18-19,22H,8-11,14-17,20-21H2,1-2H3,(H,30,37). The number of aromatic nitrogens is 5. The van der Waals surface area contributed by atoms with Crippen molar-refractivity contribution in [2.24, 2.45) is 5.92 Å². The number of amides is 1. The molecule has 200 valence electrons. The van der Waals surface area contributed by atoms with Gasteiger partial charge in [-0.15, -0.1) is 0 Å². The molecule has 1 N–H and O–H groups in total. The van der Waals surface area contributed by atoms with E-state index in [0.717, 1.165) is 31.1 Å². The third-order valence-electron chi connectivity index (χ3n) is 7.26. The fourth-order valence-corrected chi connectivity index (χ4v) is 5.38. The first-order valence-electron chi connectivity index (χ1n) is 13.7. The van der Waals surface area contributed by atoms with Crippen molar-refractivity contribution in [1.82, 2.24) is 34.3 Å². The van der Waals surface area contributed by atoms with Gasteiger partial charge in [0.05, 0.1) is 11.4 Å². The molecular formula is C29H37N7O2. The van der Waals surface area contributed by atoms with Gasteiger partial charge in [0.1, 0.15) is 10.9 Å². The van der Waals surface area contributed by atoms with Crippen molar-refractivity contribution in [3.8, 4) is 11.5 Å². The zero-order chi connectivity index (χ0) is 26.5. The van der Waals surface area contributed by atoms with E-state index in [0.29, 0.717) is 48.3 Å². The Bertz CT molecular complexity index is 1420. The second-order valence-corrected chi connectivity index (χ2v) is 10.4. The van der Waals surface area contributed by atoms with Crippen molar-refractivity contribution in [3.05, 3.63) is 70.9 Å². The maximum absolute atomic E-state index is 13.6. The number of rotatable bonds is 10. The minimum absolute atomic E-state index is 0.0211. The Labute approximate surface area is 223 Å². The second-order valence-electron chi connectivity index (χ2n) is 10.4. The fraction of sp³-hybridized carbons (Fsp3) is 0.448. The predicted octanol–water partition coefficient (Wildman–Crippen LogP) is 3.70. The van der Waals surface area contributed by atoms with Crippen molar-refractivity contribution in [2.75, 3.05) is 26.2 Å². The zero-order valence-electron chi connectivity index (χ0n) is 22.3. The van der Waals surface area contributed by atoms with Gasteiger partial charge in [-0.1, -0.05) is 25.1 Å². The molecule has 1 fully saturated rings. The number of hydrogen-bond acceptors (Lipinski definition) is 5. The van der Waals surface area contributed by atoms with Crippen LogP contribution in [0.5, 0.6) is 0 Å². The molecule has 1 aliphatic heterocycles. The number of piperidine rings is 1. The summed E-state index contributed by atoms with van der Waals surface area (Å²) in [7, 11) is 0. The molecule has 0 bridgehead atoms. The van der Waals surface area contributed by atoms with Crippen molar-refractivity contribution in [2.45, 2.75) is 52.5 Å². The van der Waals surface area contributed by atoms with Crippen LogP contribution in [0.2, 0.25) is 0 Å². The summed E-state index contributed by atoms with van der Waals surface area (Å²) < 4.78 is 5.18. The number of para-hydroxylation sites is 1. The maximum Gasteiger partial charge on any atom is 0.280 e. The van der Waals surface area contributed by atoms with Gasteiger partial charge in [0.2, 0.25) is 5.91 Å². The van der Waals surface area contributed by atoms with Crippen LogP contribution in [-0.4, -0.2) is 61.1 Å². The van der Waals surface area contributed by atoms with Gasteiger partial charge in [-0.2, -0.15) is 10.2 Å². The van der Waals surface area contributed by atoms with Crippen molar-refractivity contribution < 1.29 is 4.79 Å². The summed E-state index contributed by atoms with van der Waals surface area (Å²) in [5, 5.41) is 12.9. The molecule has 38 heavy (non-hydrogen) atoms. The van der Waals surface area contributed by atoms with Gasteiger partial charge in [-0.05, 0) is 75.9 Å². The second kappa shape index (κ2) is 11.8. The highest BCUT2D eigenvalue weighted by molar-refractivity contribution is 5.87. The Hall–Kier alpha value is -3.72. The average molecular weight is 516 g/mol. The molecule has 9 nitrogen and oxygen atoms in total. The Morgan fingerprint density at radius 2 is 1.84 bits per heavy atom. The van der Waals surface area contributed by atoms with E-state index in [1.54, 1.807) is 4.68 Å². The molecule has 1 aromatic carbocycles. The lowest BCUT2D eigenvalue weighted by Gasteiger charge is -2.30. The van der Waals surface area contributed by atoms with Crippen molar-refractivity contribution in [3.63, 3.8) is 0 Å². The smallest absolute Gasteiger partial charge is 0.280 e. The lowest BCUT2D eigenvalue weighted by molar-refractivity contribution is -0.121. The molecule has 1 saturated heterocycles. The first-order valence-corrected chi connectivity index (χ1v) is 13.7. The Morgan fingerprint density at radius 3 is 2.61 bits per heavy atom. The van der Waals surface area contributed by atoms with Gasteiger partial charge in [-0.3, -0.25) is 9.59 Å². The van der Waals surface area contributed by atoms with Crippen LogP contribution in [0.25, 0.3) is 22.4 Å². The highest BCUT2D eigenvalue weighted by atomic mass is 16.1. The van der Waals surface area contributed by atoms with E-state index in [2.05, 4.69) is 22.2 Å². The van der Waals surface area contributed by atoms with Gasteiger partial charge >= 0.3 is 0 Å². The summed E-state index contributed by atoms with van der Waals surface area (Å²) in [5.74, 6) is 1.47. The number of carbonyl (C=O) groups is 1. The average Bonchev–Trinajstić information content (AvgIpc) is 3.59. The fourth-order valence-electron chi connectivity index (χ4n) is 5.38. The molecule has 1 aliphatic rings. The lowest BCUT2D eigenvalue weighted by atomic mass is 10.0. The van der Waals surface area contributed by atoms with E-state index < -0.39 is 0 Å². The largest absolute Gasteiger partial charge is 0.356 e. The van der Waals surface area contributed by atoms with Crippen LogP contribution < -0.4 is 10.9 Å². The summed E-state index contributed by atoms with van der Waals surface area (Å²) in [5.41, 5.74) is 1.93. The number of aryl methyl sites for hydroxylation is 2. The van der Waals surface area contributed by atoms with Crippen LogP contribution >= 0.6 is 0 Å². The van der Waals surface area contributed by atoms with Gasteiger partial charge in [0.15, 0.2) is 5.82 Å². The molecule has 1 amide bonds. The first-order chi connectivity index (χ1) is 18.5. The van der Waals surface area contributed by atoms with Crippen LogP contribution in [0.3, 0.4) is 0 Å². The molecule has 0 spiro atoms. The summed E-state index contributed by atoms with van der Waals surface area (Å²) in [4.78, 5) is 28.5.